The summed E-state index contributed by atoms with van der Waals surface area (Å²) in [5.74, 6) is 1.09. The van der Waals surface area contributed by atoms with E-state index in [9.17, 15) is 9.50 Å². The van der Waals surface area contributed by atoms with E-state index in [2.05, 4.69) is 14.9 Å². The van der Waals surface area contributed by atoms with E-state index < -0.39 is 12.1 Å². The van der Waals surface area contributed by atoms with Crippen LogP contribution in [0.25, 0.3) is 0 Å². The summed E-state index contributed by atoms with van der Waals surface area (Å²) in [7, 11) is 1.89. The molecular formula is C15H19FN4O. The number of aliphatic hydroxyl groups excluding tert-OH is 1. The maximum absolute atomic E-state index is 13.2. The molecule has 2 aromatic heterocycles. The van der Waals surface area contributed by atoms with E-state index in [4.69, 9.17) is 0 Å². The van der Waals surface area contributed by atoms with Crippen molar-refractivity contribution in [2.75, 3.05) is 18.0 Å². The summed E-state index contributed by atoms with van der Waals surface area (Å²) < 4.78 is 15.0. The minimum Gasteiger partial charge on any atom is -0.385 e. The molecule has 5 nitrogen and oxygen atoms in total. The minimum absolute atomic E-state index is 0.177. The Labute approximate surface area is 123 Å². The lowest BCUT2D eigenvalue weighted by molar-refractivity contribution is 0.0824. The van der Waals surface area contributed by atoms with Crippen molar-refractivity contribution in [2.45, 2.75) is 18.9 Å². The number of aromatic nitrogens is 3. The van der Waals surface area contributed by atoms with E-state index in [-0.39, 0.29) is 5.92 Å². The Balaban J connectivity index is 1.64. The number of hydrogen-bond acceptors (Lipinski definition) is 4. The number of rotatable bonds is 3. The lowest BCUT2D eigenvalue weighted by Crippen LogP contribution is -2.36. The topological polar surface area (TPSA) is 54.2 Å². The second-order valence-corrected chi connectivity index (χ2v) is 5.48. The molecule has 1 atom stereocenters. The Morgan fingerprint density at radius 2 is 2.10 bits per heavy atom. The second kappa shape index (κ2) is 5.81. The fraction of sp³-hybridized carbons (Fsp3) is 0.467. The van der Waals surface area contributed by atoms with Crippen LogP contribution in [0, 0.1) is 11.9 Å². The summed E-state index contributed by atoms with van der Waals surface area (Å²) >= 11 is 0. The number of aliphatic hydroxyl groups is 1. The van der Waals surface area contributed by atoms with Crippen LogP contribution in [0.15, 0.2) is 30.6 Å². The highest BCUT2D eigenvalue weighted by Crippen LogP contribution is 2.31. The molecule has 112 valence electrons. The Hall–Kier alpha value is -1.95. The van der Waals surface area contributed by atoms with Crippen LogP contribution in [0.1, 0.15) is 24.8 Å². The smallest absolute Gasteiger partial charge is 0.214 e. The van der Waals surface area contributed by atoms with Gasteiger partial charge in [-0.2, -0.15) is 4.39 Å². The van der Waals surface area contributed by atoms with Crippen LogP contribution in [0.4, 0.5) is 10.2 Å². The van der Waals surface area contributed by atoms with Gasteiger partial charge in [-0.1, -0.05) is 6.07 Å². The Bertz CT molecular complexity index is 607. The zero-order valence-corrected chi connectivity index (χ0v) is 12.0. The number of piperidine rings is 1. The molecule has 0 aromatic carbocycles. The molecule has 0 radical (unpaired) electrons. The molecule has 3 rings (SSSR count). The predicted molar refractivity (Wildman–Crippen MR) is 77.3 cm³/mol. The Morgan fingerprint density at radius 3 is 2.71 bits per heavy atom. The molecule has 0 aliphatic carbocycles. The van der Waals surface area contributed by atoms with Gasteiger partial charge in [0, 0.05) is 32.5 Å². The summed E-state index contributed by atoms with van der Waals surface area (Å²) in [5.41, 5.74) is 0. The van der Waals surface area contributed by atoms with E-state index >= 15 is 0 Å². The second-order valence-electron chi connectivity index (χ2n) is 5.48. The first-order valence-corrected chi connectivity index (χ1v) is 7.18. The van der Waals surface area contributed by atoms with Gasteiger partial charge >= 0.3 is 0 Å². The molecule has 0 bridgehead atoms. The van der Waals surface area contributed by atoms with Crippen molar-refractivity contribution in [3.05, 3.63) is 42.4 Å². The molecule has 1 saturated heterocycles. The maximum atomic E-state index is 13.2. The molecule has 1 aliphatic heterocycles. The average molecular weight is 290 g/mol. The van der Waals surface area contributed by atoms with Gasteiger partial charge in [-0.15, -0.1) is 0 Å². The average Bonchev–Trinajstić information content (AvgIpc) is 2.93. The summed E-state index contributed by atoms with van der Waals surface area (Å²) in [6, 6.07) is 4.84. The molecule has 1 fully saturated rings. The number of aryl methyl sites for hydroxylation is 1. The molecule has 3 heterocycles. The van der Waals surface area contributed by atoms with Crippen molar-refractivity contribution in [1.29, 1.82) is 0 Å². The first kappa shape index (κ1) is 14.0. The van der Waals surface area contributed by atoms with E-state index in [1.54, 1.807) is 12.3 Å². The van der Waals surface area contributed by atoms with Crippen molar-refractivity contribution in [3.63, 3.8) is 0 Å². The van der Waals surface area contributed by atoms with E-state index in [0.29, 0.717) is 11.6 Å². The Morgan fingerprint density at radius 1 is 1.33 bits per heavy atom. The van der Waals surface area contributed by atoms with Gasteiger partial charge < -0.3 is 14.6 Å². The molecule has 0 saturated carbocycles. The van der Waals surface area contributed by atoms with Gasteiger partial charge in [0.2, 0.25) is 5.95 Å². The molecule has 1 unspecified atom stereocenters. The number of nitrogens with zero attached hydrogens (tertiary/aromatic N) is 4. The number of imidazole rings is 1. The summed E-state index contributed by atoms with van der Waals surface area (Å²) in [6.45, 7) is 1.53. The number of halogens is 1. The van der Waals surface area contributed by atoms with Gasteiger partial charge in [-0.3, -0.25) is 0 Å². The van der Waals surface area contributed by atoms with Gasteiger partial charge in [-0.05, 0) is 30.9 Å². The molecule has 0 spiro atoms. The van der Waals surface area contributed by atoms with Crippen LogP contribution < -0.4 is 4.90 Å². The number of hydrogen-bond donors (Lipinski definition) is 1. The van der Waals surface area contributed by atoms with Crippen molar-refractivity contribution in [1.82, 2.24) is 14.5 Å². The number of anilines is 1. The third kappa shape index (κ3) is 2.90. The predicted octanol–water partition coefficient (Wildman–Crippen LogP) is 1.90. The molecule has 1 aliphatic rings. The lowest BCUT2D eigenvalue weighted by atomic mass is 9.90. The quantitative estimate of drug-likeness (QED) is 0.877. The van der Waals surface area contributed by atoms with Gasteiger partial charge in [0.1, 0.15) is 17.7 Å². The maximum Gasteiger partial charge on any atom is 0.214 e. The van der Waals surface area contributed by atoms with E-state index in [0.717, 1.165) is 25.9 Å². The van der Waals surface area contributed by atoms with Crippen LogP contribution in [0.3, 0.4) is 0 Å². The van der Waals surface area contributed by atoms with Crippen LogP contribution in [0.5, 0.6) is 0 Å². The summed E-state index contributed by atoms with van der Waals surface area (Å²) in [4.78, 5) is 10.2. The standard InChI is InChI=1S/C15H19FN4O/c1-19-10-7-17-15(19)14(21)11-5-8-20(9-6-11)13-4-2-3-12(16)18-13/h2-4,7,10-11,14,21H,5-6,8-9H2,1H3. The fourth-order valence-corrected chi connectivity index (χ4v) is 2.89. The molecule has 2 aromatic rings. The monoisotopic (exact) mass is 290 g/mol. The molecular weight excluding hydrogens is 271 g/mol. The molecule has 6 heteroatoms. The van der Waals surface area contributed by atoms with Gasteiger partial charge in [0.05, 0.1) is 0 Å². The van der Waals surface area contributed by atoms with Crippen molar-refractivity contribution in [3.8, 4) is 0 Å². The van der Waals surface area contributed by atoms with Crippen molar-refractivity contribution >= 4 is 5.82 Å². The van der Waals surface area contributed by atoms with Crippen molar-refractivity contribution in [2.24, 2.45) is 13.0 Å². The minimum atomic E-state index is -0.549. The highest BCUT2D eigenvalue weighted by molar-refractivity contribution is 5.38. The zero-order chi connectivity index (χ0) is 14.8. The highest BCUT2D eigenvalue weighted by Gasteiger charge is 2.28. The SMILES string of the molecule is Cn1ccnc1C(O)C1CCN(c2cccc(F)n2)CC1. The molecule has 0 amide bonds. The van der Waals surface area contributed by atoms with Gasteiger partial charge in [0.15, 0.2) is 0 Å². The van der Waals surface area contributed by atoms with Crippen LogP contribution in [0.2, 0.25) is 0 Å². The fourth-order valence-electron chi connectivity index (χ4n) is 2.89. The Kier molecular flexibility index (Phi) is 3.88. The van der Waals surface area contributed by atoms with Gasteiger partial charge in [0.25, 0.3) is 0 Å². The zero-order valence-electron chi connectivity index (χ0n) is 12.0. The largest absolute Gasteiger partial charge is 0.385 e. The molecule has 1 N–H and O–H groups in total. The molecule has 21 heavy (non-hydrogen) atoms. The van der Waals surface area contributed by atoms with Crippen LogP contribution in [-0.2, 0) is 7.05 Å². The van der Waals surface area contributed by atoms with Gasteiger partial charge in [-0.25, -0.2) is 9.97 Å². The summed E-state index contributed by atoms with van der Waals surface area (Å²) in [6.07, 6.45) is 4.67. The highest BCUT2D eigenvalue weighted by atomic mass is 19.1. The normalized spacial score (nSPS) is 18.0. The first-order valence-electron chi connectivity index (χ1n) is 7.18. The van der Waals surface area contributed by atoms with Crippen LogP contribution in [-0.4, -0.2) is 32.7 Å². The van der Waals surface area contributed by atoms with E-state index in [1.165, 1.54) is 6.07 Å². The third-order valence-electron chi connectivity index (χ3n) is 4.13. The lowest BCUT2D eigenvalue weighted by Gasteiger charge is -2.34. The first-order chi connectivity index (χ1) is 10.1. The summed E-state index contributed by atoms with van der Waals surface area (Å²) in [5, 5.41) is 10.4. The van der Waals surface area contributed by atoms with E-state index in [1.807, 2.05) is 23.9 Å². The third-order valence-corrected chi connectivity index (χ3v) is 4.13. The van der Waals surface area contributed by atoms with Crippen molar-refractivity contribution < 1.29 is 9.50 Å². The number of pyridine rings is 1. The van der Waals surface area contributed by atoms with Crippen LogP contribution >= 0.6 is 0 Å².